The summed E-state index contributed by atoms with van der Waals surface area (Å²) in [4.78, 5) is 0. The van der Waals surface area contributed by atoms with E-state index in [0.717, 1.165) is 30.4 Å². The van der Waals surface area contributed by atoms with Crippen LogP contribution in [-0.4, -0.2) is 24.2 Å². The van der Waals surface area contributed by atoms with Crippen molar-refractivity contribution in [3.8, 4) is 0 Å². The molecule has 0 N–H and O–H groups in total. The van der Waals surface area contributed by atoms with Crippen LogP contribution < -0.4 is 0 Å². The number of rotatable bonds is 9. The molecule has 3 nitrogen and oxygen atoms in total. The number of fused-ring (bicyclic) bond motifs is 1. The van der Waals surface area contributed by atoms with Gasteiger partial charge in [0.2, 0.25) is 0 Å². The van der Waals surface area contributed by atoms with E-state index in [4.69, 9.17) is 16.0 Å². The first-order chi connectivity index (χ1) is 26.1. The summed E-state index contributed by atoms with van der Waals surface area (Å²) in [6.07, 6.45) is 6.97. The van der Waals surface area contributed by atoms with Gasteiger partial charge >= 0.3 is 0 Å². The van der Waals surface area contributed by atoms with Gasteiger partial charge in [0, 0.05) is 25.8 Å². The second kappa shape index (κ2) is 22.1. The summed E-state index contributed by atoms with van der Waals surface area (Å²) in [6.45, 7) is 21.0. The number of piperidine rings is 1. The standard InChI is InChI=1S/C37H48N3.2C7H7.Hf/c1-24(2)30-18-12-19-31(25(3)4)37(30)40-34(23-28-15-8-7-9-16-28)32-22-21-29-17-11-20-33(36(29)38-32)39-35-26(5)13-10-14-27(35)6;2*1-7-5-3-2-4-6-7;/h7-10,12-16,18-19,24-25,29,32-34,36H,11,17,20-23H2,1-6H3;2*2-6H,1H2;/q-3;2*-1;. The Hall–Kier alpha value is -3.73. The molecule has 4 heteroatoms. The molecule has 0 aromatic heterocycles. The second-order valence-corrected chi connectivity index (χ2v) is 15.9. The summed E-state index contributed by atoms with van der Waals surface area (Å²) < 4.78 is 0. The Morgan fingerprint density at radius 2 is 1.11 bits per heavy atom. The van der Waals surface area contributed by atoms with Crippen LogP contribution in [0.15, 0.2) is 127 Å². The molecule has 0 radical (unpaired) electrons. The molecule has 0 amide bonds. The largest absolute Gasteiger partial charge is 0.682 e. The number of hydrogen-bond donors (Lipinski definition) is 0. The van der Waals surface area contributed by atoms with Gasteiger partial charge < -0.3 is 16.0 Å². The van der Waals surface area contributed by atoms with Crippen LogP contribution in [0.2, 0.25) is 0 Å². The van der Waals surface area contributed by atoms with Crippen LogP contribution in [-0.2, 0) is 32.3 Å². The third-order valence-electron chi connectivity index (χ3n) is 10.9. The monoisotopic (exact) mass is 896 g/mol. The van der Waals surface area contributed by atoms with Crippen LogP contribution >= 0.6 is 0 Å². The minimum absolute atomic E-state index is 0. The van der Waals surface area contributed by atoms with E-state index in [-0.39, 0.29) is 44.0 Å². The molecule has 2 aliphatic rings. The van der Waals surface area contributed by atoms with Crippen LogP contribution in [0.3, 0.4) is 0 Å². The van der Waals surface area contributed by atoms with Gasteiger partial charge in [0.15, 0.2) is 0 Å². The molecule has 5 atom stereocenters. The number of nitrogens with zero attached hydrogens (tertiary/aromatic N) is 3. The van der Waals surface area contributed by atoms with Crippen LogP contribution in [0.4, 0.5) is 11.4 Å². The topological polar surface area (TPSA) is 42.3 Å². The third kappa shape index (κ3) is 12.9. The first-order valence-electron chi connectivity index (χ1n) is 20.2. The SMILES string of the molecule is Cc1cccc(C)c1[N-]C1CCCC2CCC(C(Cc3ccccc3)[N-]c3c(C(C)C)cccc3C(C)C)[N-]C21.[CH2-]c1ccccc1.[CH2-]c1ccccc1.[Hf]. The van der Waals surface area contributed by atoms with Crippen LogP contribution in [0.1, 0.15) is 111 Å². The smallest absolute Gasteiger partial charge is 0 e. The second-order valence-electron chi connectivity index (χ2n) is 15.9. The maximum Gasteiger partial charge on any atom is 0 e. The molecule has 5 aromatic carbocycles. The van der Waals surface area contributed by atoms with Gasteiger partial charge in [0.1, 0.15) is 0 Å². The van der Waals surface area contributed by atoms with Crippen molar-refractivity contribution >= 4 is 11.4 Å². The zero-order chi connectivity index (χ0) is 38.5. The molecule has 5 aromatic rings. The van der Waals surface area contributed by atoms with Gasteiger partial charge in [0.05, 0.1) is 0 Å². The molecule has 0 bridgehead atoms. The molecule has 5 unspecified atom stereocenters. The fourth-order valence-electron chi connectivity index (χ4n) is 7.98. The van der Waals surface area contributed by atoms with Gasteiger partial charge in [-0.2, -0.15) is 49.2 Å². The van der Waals surface area contributed by atoms with E-state index >= 15 is 0 Å². The van der Waals surface area contributed by atoms with Crippen molar-refractivity contribution in [1.29, 1.82) is 0 Å². The first-order valence-corrected chi connectivity index (χ1v) is 20.2. The van der Waals surface area contributed by atoms with E-state index in [1.807, 2.05) is 60.7 Å². The summed E-state index contributed by atoms with van der Waals surface area (Å²) in [5.41, 5.74) is 11.2. The molecule has 1 saturated carbocycles. The predicted octanol–water partition coefficient (Wildman–Crippen LogP) is 14.7. The van der Waals surface area contributed by atoms with Crippen molar-refractivity contribution in [3.05, 3.63) is 196 Å². The van der Waals surface area contributed by atoms with E-state index in [9.17, 15) is 0 Å². The molecule has 55 heavy (non-hydrogen) atoms. The maximum atomic E-state index is 5.69. The Labute approximate surface area is 353 Å². The maximum absolute atomic E-state index is 5.69. The summed E-state index contributed by atoms with van der Waals surface area (Å²) in [6, 6.07) is 44.9. The molecular formula is C51H62HfN3-5. The van der Waals surface area contributed by atoms with E-state index in [2.05, 4.69) is 122 Å². The Kier molecular flexibility index (Phi) is 17.7. The molecule has 1 aliphatic heterocycles. The fraction of sp³-hybridized carbons (Fsp3) is 0.373. The van der Waals surface area contributed by atoms with Crippen molar-refractivity contribution < 1.29 is 25.8 Å². The number of para-hydroxylation sites is 2. The Morgan fingerprint density at radius 3 is 1.60 bits per heavy atom. The minimum Gasteiger partial charge on any atom is -0.682 e. The predicted molar refractivity (Wildman–Crippen MR) is 234 cm³/mol. The Morgan fingerprint density at radius 1 is 0.600 bits per heavy atom. The number of benzene rings is 5. The van der Waals surface area contributed by atoms with E-state index < -0.39 is 0 Å². The van der Waals surface area contributed by atoms with Gasteiger partial charge in [-0.05, 0) is 37.7 Å². The third-order valence-corrected chi connectivity index (χ3v) is 10.9. The quantitative estimate of drug-likeness (QED) is 0.105. The summed E-state index contributed by atoms with van der Waals surface area (Å²) in [5.74, 6) is 1.51. The van der Waals surface area contributed by atoms with Crippen molar-refractivity contribution in [2.24, 2.45) is 5.92 Å². The van der Waals surface area contributed by atoms with Gasteiger partial charge in [-0.15, -0.1) is 59.8 Å². The fourth-order valence-corrected chi connectivity index (χ4v) is 7.98. The number of hydrogen-bond acceptors (Lipinski definition) is 0. The Bertz CT molecular complexity index is 1740. The van der Waals surface area contributed by atoms with Crippen molar-refractivity contribution in [1.82, 2.24) is 0 Å². The van der Waals surface area contributed by atoms with Crippen molar-refractivity contribution in [2.75, 3.05) is 0 Å². The normalized spacial score (nSPS) is 19.3. The van der Waals surface area contributed by atoms with Gasteiger partial charge in [0.25, 0.3) is 0 Å². The van der Waals surface area contributed by atoms with Gasteiger partial charge in [-0.3, -0.25) is 0 Å². The zero-order valence-electron chi connectivity index (χ0n) is 34.2. The summed E-state index contributed by atoms with van der Waals surface area (Å²) in [5, 5.41) is 16.8. The molecule has 1 heterocycles. The van der Waals surface area contributed by atoms with E-state index in [1.54, 1.807) is 0 Å². The molecule has 7 rings (SSSR count). The number of aryl methyl sites for hydroxylation is 2. The molecule has 1 saturated heterocycles. The van der Waals surface area contributed by atoms with Gasteiger partial charge in [-0.25, -0.2) is 0 Å². The molecule has 0 spiro atoms. The van der Waals surface area contributed by atoms with Crippen LogP contribution in [0.5, 0.6) is 0 Å². The van der Waals surface area contributed by atoms with Gasteiger partial charge in [-0.1, -0.05) is 167 Å². The summed E-state index contributed by atoms with van der Waals surface area (Å²) >= 11 is 0. The van der Waals surface area contributed by atoms with Crippen LogP contribution in [0, 0.1) is 33.6 Å². The molecule has 290 valence electrons. The van der Waals surface area contributed by atoms with Crippen molar-refractivity contribution in [2.45, 2.75) is 116 Å². The van der Waals surface area contributed by atoms with E-state index in [1.165, 1.54) is 58.5 Å². The van der Waals surface area contributed by atoms with Crippen molar-refractivity contribution in [3.63, 3.8) is 0 Å². The molecular weight excluding hydrogens is 833 g/mol. The van der Waals surface area contributed by atoms with Crippen LogP contribution in [0.25, 0.3) is 16.0 Å². The molecule has 2 fully saturated rings. The first kappa shape index (κ1) is 44.0. The Balaban J connectivity index is 0.000000374. The summed E-state index contributed by atoms with van der Waals surface area (Å²) in [7, 11) is 0. The minimum atomic E-state index is 0. The average molecular weight is 896 g/mol. The molecule has 1 aliphatic carbocycles. The zero-order valence-corrected chi connectivity index (χ0v) is 37.8. The van der Waals surface area contributed by atoms with E-state index in [0.29, 0.717) is 23.8 Å². The average Bonchev–Trinajstić information content (AvgIpc) is 3.17.